The molecule has 1 rings (SSSR count). The molecule has 0 amide bonds. The lowest BCUT2D eigenvalue weighted by molar-refractivity contribution is 0.167. The smallest absolute Gasteiger partial charge is 0.00412 e. The molecule has 0 aliphatic heterocycles. The van der Waals surface area contributed by atoms with E-state index in [4.69, 9.17) is 5.73 Å². The van der Waals surface area contributed by atoms with Gasteiger partial charge in [-0.25, -0.2) is 0 Å². The third-order valence-corrected chi connectivity index (χ3v) is 3.34. The van der Waals surface area contributed by atoms with Gasteiger partial charge in [-0.3, -0.25) is 0 Å². The molecule has 0 aromatic carbocycles. The molecule has 0 bridgehead atoms. The Morgan fingerprint density at radius 1 is 1.25 bits per heavy atom. The van der Waals surface area contributed by atoms with Gasteiger partial charge in [0.15, 0.2) is 0 Å². The first kappa shape index (κ1) is 10.0. The van der Waals surface area contributed by atoms with Crippen LogP contribution >= 0.6 is 0 Å². The minimum Gasteiger partial charge on any atom is -0.330 e. The molecule has 0 aromatic rings. The topological polar surface area (TPSA) is 26.0 Å². The number of nitrogens with two attached hydrogens (primary N) is 1. The summed E-state index contributed by atoms with van der Waals surface area (Å²) in [7, 11) is 0. The molecule has 0 radical (unpaired) electrons. The molecule has 1 nitrogen and oxygen atoms in total. The van der Waals surface area contributed by atoms with Gasteiger partial charge in [-0.05, 0) is 23.8 Å². The summed E-state index contributed by atoms with van der Waals surface area (Å²) < 4.78 is 0. The van der Waals surface area contributed by atoms with Crippen molar-refractivity contribution in [2.24, 2.45) is 23.0 Å². The predicted molar refractivity (Wildman–Crippen MR) is 54.0 cm³/mol. The van der Waals surface area contributed by atoms with Crippen molar-refractivity contribution in [2.45, 2.75) is 46.5 Å². The van der Waals surface area contributed by atoms with Gasteiger partial charge < -0.3 is 5.73 Å². The van der Waals surface area contributed by atoms with Crippen molar-refractivity contribution in [3.8, 4) is 0 Å². The molecule has 1 atom stereocenters. The van der Waals surface area contributed by atoms with Crippen LogP contribution in [0.1, 0.15) is 46.5 Å². The Labute approximate surface area is 76.7 Å². The molecule has 1 unspecified atom stereocenters. The first-order valence-corrected chi connectivity index (χ1v) is 5.26. The molecule has 1 aliphatic carbocycles. The standard InChI is InChI=1S/C11H23N/c1-11(2,3)10(8-12)9-6-4-5-7-9/h9-10H,4-8,12H2,1-3H3. The zero-order valence-electron chi connectivity index (χ0n) is 8.77. The van der Waals surface area contributed by atoms with Crippen LogP contribution < -0.4 is 5.73 Å². The van der Waals surface area contributed by atoms with E-state index in [1.165, 1.54) is 25.7 Å². The van der Waals surface area contributed by atoms with Crippen molar-refractivity contribution in [3.63, 3.8) is 0 Å². The summed E-state index contributed by atoms with van der Waals surface area (Å²) in [6.45, 7) is 7.84. The molecule has 2 N–H and O–H groups in total. The van der Waals surface area contributed by atoms with Crippen molar-refractivity contribution in [1.29, 1.82) is 0 Å². The highest BCUT2D eigenvalue weighted by molar-refractivity contribution is 4.83. The Hall–Kier alpha value is -0.0400. The summed E-state index contributed by atoms with van der Waals surface area (Å²) in [5.74, 6) is 1.65. The Balaban J connectivity index is 2.54. The summed E-state index contributed by atoms with van der Waals surface area (Å²) in [5, 5.41) is 0. The van der Waals surface area contributed by atoms with E-state index in [1.807, 2.05) is 0 Å². The van der Waals surface area contributed by atoms with Crippen LogP contribution in [0, 0.1) is 17.3 Å². The van der Waals surface area contributed by atoms with Crippen LogP contribution in [-0.2, 0) is 0 Å². The Bertz CT molecular complexity index is 128. The van der Waals surface area contributed by atoms with E-state index < -0.39 is 0 Å². The number of hydrogen-bond acceptors (Lipinski definition) is 1. The lowest BCUT2D eigenvalue weighted by Crippen LogP contribution is -2.33. The van der Waals surface area contributed by atoms with Crippen LogP contribution in [0.3, 0.4) is 0 Å². The van der Waals surface area contributed by atoms with Gasteiger partial charge >= 0.3 is 0 Å². The van der Waals surface area contributed by atoms with E-state index >= 15 is 0 Å². The fourth-order valence-electron chi connectivity index (χ4n) is 2.61. The Morgan fingerprint density at radius 3 is 2.08 bits per heavy atom. The van der Waals surface area contributed by atoms with E-state index in [9.17, 15) is 0 Å². The summed E-state index contributed by atoms with van der Waals surface area (Å²) in [5.41, 5.74) is 6.25. The minimum atomic E-state index is 0.407. The molecule has 0 saturated heterocycles. The molecule has 1 aliphatic rings. The lowest BCUT2D eigenvalue weighted by atomic mass is 9.72. The van der Waals surface area contributed by atoms with Crippen molar-refractivity contribution < 1.29 is 0 Å². The van der Waals surface area contributed by atoms with E-state index in [0.717, 1.165) is 18.4 Å². The van der Waals surface area contributed by atoms with Gasteiger partial charge in [0, 0.05) is 0 Å². The molecule has 12 heavy (non-hydrogen) atoms. The molecule has 1 fully saturated rings. The molecule has 1 heteroatoms. The SMILES string of the molecule is CC(C)(C)C(CN)C1CCCC1. The maximum Gasteiger partial charge on any atom is -0.00412 e. The van der Waals surface area contributed by atoms with Crippen LogP contribution in [0.4, 0.5) is 0 Å². The van der Waals surface area contributed by atoms with Gasteiger partial charge in [-0.15, -0.1) is 0 Å². The molecule has 0 spiro atoms. The van der Waals surface area contributed by atoms with Gasteiger partial charge in [0.05, 0.1) is 0 Å². The summed E-state index contributed by atoms with van der Waals surface area (Å²) in [6, 6.07) is 0. The number of hydrogen-bond donors (Lipinski definition) is 1. The summed E-state index contributed by atoms with van der Waals surface area (Å²) in [4.78, 5) is 0. The van der Waals surface area contributed by atoms with Crippen molar-refractivity contribution in [1.82, 2.24) is 0 Å². The molecular formula is C11H23N. The fraction of sp³-hybridized carbons (Fsp3) is 1.00. The van der Waals surface area contributed by atoms with E-state index in [2.05, 4.69) is 20.8 Å². The number of rotatable bonds is 2. The summed E-state index contributed by atoms with van der Waals surface area (Å²) in [6.07, 6.45) is 5.69. The van der Waals surface area contributed by atoms with E-state index in [-0.39, 0.29) is 0 Å². The quantitative estimate of drug-likeness (QED) is 0.676. The highest BCUT2D eigenvalue weighted by Gasteiger charge is 2.32. The van der Waals surface area contributed by atoms with Gasteiger partial charge in [0.1, 0.15) is 0 Å². The highest BCUT2D eigenvalue weighted by atomic mass is 14.6. The van der Waals surface area contributed by atoms with Crippen molar-refractivity contribution in [2.75, 3.05) is 6.54 Å². The average molecular weight is 169 g/mol. The van der Waals surface area contributed by atoms with E-state index in [0.29, 0.717) is 5.41 Å². The van der Waals surface area contributed by atoms with Crippen LogP contribution in [0.25, 0.3) is 0 Å². The predicted octanol–water partition coefficient (Wildman–Crippen LogP) is 2.80. The largest absolute Gasteiger partial charge is 0.330 e. The summed E-state index contributed by atoms with van der Waals surface area (Å²) >= 11 is 0. The average Bonchev–Trinajstić information content (AvgIpc) is 2.38. The van der Waals surface area contributed by atoms with Crippen LogP contribution in [0.15, 0.2) is 0 Å². The molecular weight excluding hydrogens is 146 g/mol. The first-order chi connectivity index (χ1) is 5.55. The first-order valence-electron chi connectivity index (χ1n) is 5.26. The zero-order chi connectivity index (χ0) is 9.19. The maximum absolute atomic E-state index is 5.84. The van der Waals surface area contributed by atoms with Crippen LogP contribution in [0.2, 0.25) is 0 Å². The minimum absolute atomic E-state index is 0.407. The second-order valence-electron chi connectivity index (χ2n) is 5.25. The van der Waals surface area contributed by atoms with Crippen LogP contribution in [0.5, 0.6) is 0 Å². The van der Waals surface area contributed by atoms with E-state index in [1.54, 1.807) is 0 Å². The van der Waals surface area contributed by atoms with Crippen molar-refractivity contribution in [3.05, 3.63) is 0 Å². The van der Waals surface area contributed by atoms with Gasteiger partial charge in [0.25, 0.3) is 0 Å². The molecule has 1 saturated carbocycles. The zero-order valence-corrected chi connectivity index (χ0v) is 8.77. The third-order valence-electron chi connectivity index (χ3n) is 3.34. The molecule has 0 heterocycles. The van der Waals surface area contributed by atoms with Gasteiger partial charge in [-0.1, -0.05) is 46.5 Å². The van der Waals surface area contributed by atoms with Gasteiger partial charge in [0.2, 0.25) is 0 Å². The Kier molecular flexibility index (Phi) is 3.16. The normalized spacial score (nSPS) is 23.0. The fourth-order valence-corrected chi connectivity index (χ4v) is 2.61. The van der Waals surface area contributed by atoms with Crippen LogP contribution in [-0.4, -0.2) is 6.54 Å². The maximum atomic E-state index is 5.84. The Morgan fingerprint density at radius 2 is 1.75 bits per heavy atom. The second-order valence-corrected chi connectivity index (χ2v) is 5.25. The monoisotopic (exact) mass is 169 g/mol. The second kappa shape index (κ2) is 3.78. The van der Waals surface area contributed by atoms with Crippen molar-refractivity contribution >= 4 is 0 Å². The van der Waals surface area contributed by atoms with Gasteiger partial charge in [-0.2, -0.15) is 0 Å². The lowest BCUT2D eigenvalue weighted by Gasteiger charge is -2.34. The third kappa shape index (κ3) is 2.22. The highest BCUT2D eigenvalue weighted by Crippen LogP contribution is 2.39. The molecule has 72 valence electrons. The molecule has 0 aromatic heterocycles.